The van der Waals surface area contributed by atoms with Crippen molar-refractivity contribution in [2.75, 3.05) is 5.32 Å². The van der Waals surface area contributed by atoms with Gasteiger partial charge in [-0.15, -0.1) is 0 Å². The Morgan fingerprint density at radius 3 is 2.38 bits per heavy atom. The monoisotopic (exact) mass is 471 g/mol. The number of nitrogens with one attached hydrogen (secondary N) is 1. The fourth-order valence-electron chi connectivity index (χ4n) is 2.89. The Labute approximate surface area is 188 Å². The van der Waals surface area contributed by atoms with E-state index < -0.39 is 9.84 Å². The zero-order valence-electron chi connectivity index (χ0n) is 17.1. The van der Waals surface area contributed by atoms with E-state index in [0.717, 1.165) is 22.9 Å². The highest BCUT2D eigenvalue weighted by Gasteiger charge is 2.22. The topological polar surface area (TPSA) is 107 Å². The third kappa shape index (κ3) is 5.42. The van der Waals surface area contributed by atoms with E-state index in [9.17, 15) is 12.8 Å². The maximum Gasteiger partial charge on any atom is 0.242 e. The molecule has 32 heavy (non-hydrogen) atoms. The van der Waals surface area contributed by atoms with Gasteiger partial charge >= 0.3 is 0 Å². The van der Waals surface area contributed by atoms with Crippen LogP contribution in [0, 0.1) is 19.7 Å². The SMILES string of the molecule is Cc1cc(C)nc(Nc2nsc(S(=O)(=O)Cc3cccc(Oc4ccc(F)cc4)c3)n2)n1. The van der Waals surface area contributed by atoms with E-state index in [0.29, 0.717) is 23.0 Å². The highest BCUT2D eigenvalue weighted by molar-refractivity contribution is 7.92. The highest BCUT2D eigenvalue weighted by atomic mass is 32.2. The molecular weight excluding hydrogens is 453 g/mol. The van der Waals surface area contributed by atoms with Gasteiger partial charge in [0.15, 0.2) is 0 Å². The molecule has 4 rings (SSSR count). The van der Waals surface area contributed by atoms with E-state index in [-0.39, 0.29) is 21.9 Å². The van der Waals surface area contributed by atoms with Gasteiger partial charge in [0.1, 0.15) is 17.3 Å². The molecule has 164 valence electrons. The first-order valence-electron chi connectivity index (χ1n) is 9.45. The van der Waals surface area contributed by atoms with E-state index in [4.69, 9.17) is 4.74 Å². The maximum atomic E-state index is 13.1. The Bertz CT molecular complexity index is 1340. The van der Waals surface area contributed by atoms with Gasteiger partial charge in [-0.1, -0.05) is 12.1 Å². The van der Waals surface area contributed by atoms with E-state index in [1.54, 1.807) is 24.3 Å². The number of halogens is 1. The number of benzene rings is 2. The smallest absolute Gasteiger partial charge is 0.242 e. The van der Waals surface area contributed by atoms with Gasteiger partial charge < -0.3 is 4.74 Å². The van der Waals surface area contributed by atoms with Gasteiger partial charge in [0.05, 0.1) is 5.75 Å². The van der Waals surface area contributed by atoms with Crippen LogP contribution in [0.25, 0.3) is 0 Å². The molecule has 0 aliphatic heterocycles. The summed E-state index contributed by atoms with van der Waals surface area (Å²) in [5, 5.41) is 2.84. The lowest BCUT2D eigenvalue weighted by atomic mass is 10.2. The standard InChI is InChI=1S/C21H18FN5O3S2/c1-13-10-14(2)24-19(23-13)25-20-26-21(31-27-20)32(28,29)12-15-4-3-5-18(11-15)30-17-8-6-16(22)7-9-17/h3-11H,12H2,1-2H3,(H,23,24,25,27). The third-order valence-electron chi connectivity index (χ3n) is 4.18. The van der Waals surface area contributed by atoms with Gasteiger partial charge in [-0.3, -0.25) is 5.32 Å². The van der Waals surface area contributed by atoms with Crippen LogP contribution in [-0.4, -0.2) is 27.7 Å². The number of aryl methyl sites for hydroxylation is 2. The molecule has 0 bridgehead atoms. The summed E-state index contributed by atoms with van der Waals surface area (Å²) in [4.78, 5) is 12.6. The summed E-state index contributed by atoms with van der Waals surface area (Å²) in [6, 6.07) is 14.1. The first kappa shape index (κ1) is 21.8. The summed E-state index contributed by atoms with van der Waals surface area (Å²) in [6.07, 6.45) is 0. The van der Waals surface area contributed by atoms with E-state index >= 15 is 0 Å². The number of sulfone groups is 1. The Hall–Kier alpha value is -3.44. The van der Waals surface area contributed by atoms with E-state index in [1.165, 1.54) is 24.3 Å². The minimum atomic E-state index is -3.74. The van der Waals surface area contributed by atoms with Crippen LogP contribution < -0.4 is 10.1 Å². The van der Waals surface area contributed by atoms with Gasteiger partial charge in [-0.2, -0.15) is 9.36 Å². The second kappa shape index (κ2) is 8.97. The molecule has 4 aromatic rings. The van der Waals surface area contributed by atoms with Crippen molar-refractivity contribution < 1.29 is 17.5 Å². The second-order valence-electron chi connectivity index (χ2n) is 6.95. The lowest BCUT2D eigenvalue weighted by molar-refractivity contribution is 0.480. The van der Waals surface area contributed by atoms with Crippen molar-refractivity contribution in [3.63, 3.8) is 0 Å². The summed E-state index contributed by atoms with van der Waals surface area (Å²) < 4.78 is 48.4. The predicted octanol–water partition coefficient (Wildman–Crippen LogP) is 4.59. The van der Waals surface area contributed by atoms with Gasteiger partial charge in [-0.25, -0.2) is 22.8 Å². The zero-order valence-corrected chi connectivity index (χ0v) is 18.7. The van der Waals surface area contributed by atoms with Crippen LogP contribution in [0.3, 0.4) is 0 Å². The second-order valence-corrected chi connectivity index (χ2v) is 9.86. The van der Waals surface area contributed by atoms with Gasteiger partial charge in [0.2, 0.25) is 26.1 Å². The van der Waals surface area contributed by atoms with Crippen LogP contribution >= 0.6 is 11.5 Å². The Balaban J connectivity index is 1.48. The number of hydrogen-bond acceptors (Lipinski definition) is 9. The largest absolute Gasteiger partial charge is 0.457 e. The first-order valence-corrected chi connectivity index (χ1v) is 11.9. The fourth-order valence-corrected chi connectivity index (χ4v) is 4.98. The van der Waals surface area contributed by atoms with Crippen molar-refractivity contribution in [1.82, 2.24) is 19.3 Å². The molecule has 0 aliphatic rings. The van der Waals surface area contributed by atoms with E-state index in [1.807, 2.05) is 19.9 Å². The molecule has 0 saturated heterocycles. The summed E-state index contributed by atoms with van der Waals surface area (Å²) in [5.41, 5.74) is 2.06. The van der Waals surface area contributed by atoms with Crippen molar-refractivity contribution in [2.45, 2.75) is 23.9 Å². The predicted molar refractivity (Wildman–Crippen MR) is 119 cm³/mol. The number of aromatic nitrogens is 4. The van der Waals surface area contributed by atoms with Gasteiger partial charge in [-0.05, 0) is 61.9 Å². The van der Waals surface area contributed by atoms with Crippen LogP contribution in [0.1, 0.15) is 17.0 Å². The molecule has 0 atom stereocenters. The Kier molecular flexibility index (Phi) is 6.10. The van der Waals surface area contributed by atoms with Crippen molar-refractivity contribution in [2.24, 2.45) is 0 Å². The minimum absolute atomic E-state index is 0.116. The maximum absolute atomic E-state index is 13.1. The average Bonchev–Trinajstić information content (AvgIpc) is 3.18. The van der Waals surface area contributed by atoms with Gasteiger partial charge in [0.25, 0.3) is 0 Å². The molecule has 2 aromatic carbocycles. The van der Waals surface area contributed by atoms with Crippen molar-refractivity contribution in [1.29, 1.82) is 0 Å². The molecule has 2 heterocycles. The van der Waals surface area contributed by atoms with Crippen LogP contribution in [0.4, 0.5) is 16.3 Å². The Morgan fingerprint density at radius 1 is 0.938 bits per heavy atom. The van der Waals surface area contributed by atoms with Crippen LogP contribution in [0.2, 0.25) is 0 Å². The van der Waals surface area contributed by atoms with E-state index in [2.05, 4.69) is 24.6 Å². The lowest BCUT2D eigenvalue weighted by Gasteiger charge is -2.07. The van der Waals surface area contributed by atoms with Crippen LogP contribution in [-0.2, 0) is 15.6 Å². The first-order chi connectivity index (χ1) is 15.3. The molecule has 8 nitrogen and oxygen atoms in total. The molecule has 0 amide bonds. The molecule has 0 unspecified atom stereocenters. The number of nitrogens with zero attached hydrogens (tertiary/aromatic N) is 4. The molecular formula is C21H18FN5O3S2. The fraction of sp³-hybridized carbons (Fsp3) is 0.143. The van der Waals surface area contributed by atoms with Crippen molar-refractivity contribution in [3.8, 4) is 11.5 Å². The number of anilines is 2. The van der Waals surface area contributed by atoms with Crippen molar-refractivity contribution in [3.05, 3.63) is 77.4 Å². The number of ether oxygens (including phenoxy) is 1. The molecule has 11 heteroatoms. The highest BCUT2D eigenvalue weighted by Crippen LogP contribution is 2.26. The third-order valence-corrected chi connectivity index (χ3v) is 7.02. The number of hydrogen-bond donors (Lipinski definition) is 1. The summed E-state index contributed by atoms with van der Waals surface area (Å²) >= 11 is 0.778. The molecule has 0 spiro atoms. The van der Waals surface area contributed by atoms with Crippen LogP contribution in [0.15, 0.2) is 58.9 Å². The minimum Gasteiger partial charge on any atom is -0.457 e. The molecule has 0 radical (unpaired) electrons. The zero-order chi connectivity index (χ0) is 22.7. The quantitative estimate of drug-likeness (QED) is 0.417. The molecule has 2 aromatic heterocycles. The molecule has 0 fully saturated rings. The summed E-state index contributed by atoms with van der Waals surface area (Å²) in [7, 11) is -3.74. The van der Waals surface area contributed by atoms with Crippen molar-refractivity contribution >= 4 is 33.3 Å². The average molecular weight is 472 g/mol. The summed E-state index contributed by atoms with van der Waals surface area (Å²) in [6.45, 7) is 3.66. The summed E-state index contributed by atoms with van der Waals surface area (Å²) in [5.74, 6) is 0.660. The lowest BCUT2D eigenvalue weighted by Crippen LogP contribution is -2.05. The number of rotatable bonds is 7. The molecule has 0 aliphatic carbocycles. The Morgan fingerprint density at radius 2 is 1.66 bits per heavy atom. The van der Waals surface area contributed by atoms with Crippen LogP contribution in [0.5, 0.6) is 11.5 Å². The molecule has 1 N–H and O–H groups in total. The van der Waals surface area contributed by atoms with Gasteiger partial charge in [0, 0.05) is 22.9 Å². The normalized spacial score (nSPS) is 11.3. The molecule has 0 saturated carbocycles.